The van der Waals surface area contributed by atoms with Gasteiger partial charge in [0.2, 0.25) is 5.91 Å². The Kier molecular flexibility index (Phi) is 4.07. The van der Waals surface area contributed by atoms with E-state index in [0.29, 0.717) is 11.6 Å². The predicted molar refractivity (Wildman–Crippen MR) is 97.1 cm³/mol. The van der Waals surface area contributed by atoms with E-state index in [1.807, 2.05) is 47.4 Å². The van der Waals surface area contributed by atoms with Crippen molar-refractivity contribution in [3.8, 4) is 0 Å². The van der Waals surface area contributed by atoms with Gasteiger partial charge in [0, 0.05) is 30.8 Å². The third-order valence-electron chi connectivity index (χ3n) is 5.39. The summed E-state index contributed by atoms with van der Waals surface area (Å²) in [4.78, 5) is 15.2. The minimum Gasteiger partial charge on any atom is -0.354 e. The van der Waals surface area contributed by atoms with E-state index in [1.54, 1.807) is 14.2 Å². The Hall–Kier alpha value is -1.88. The molecule has 25 heavy (non-hydrogen) atoms. The zero-order chi connectivity index (χ0) is 17.6. The highest BCUT2D eigenvalue weighted by Gasteiger charge is 2.67. The van der Waals surface area contributed by atoms with Gasteiger partial charge in [-0.05, 0) is 35.7 Å². The second-order valence-electron chi connectivity index (χ2n) is 6.61. The number of hydrogen-bond donors (Lipinski definition) is 0. The first-order chi connectivity index (χ1) is 12.1. The normalized spacial score (nSPS) is 24.2. The van der Waals surface area contributed by atoms with Crippen LogP contribution in [0.1, 0.15) is 23.5 Å². The van der Waals surface area contributed by atoms with Crippen molar-refractivity contribution in [1.82, 2.24) is 0 Å². The summed E-state index contributed by atoms with van der Waals surface area (Å²) in [6.07, 6.45) is 0.380. The molecular weight excluding hydrogens is 338 g/mol. The van der Waals surface area contributed by atoms with Crippen LogP contribution in [0.4, 0.5) is 5.69 Å². The smallest absolute Gasteiger partial charge is 0.238 e. The molecule has 4 nitrogen and oxygen atoms in total. The van der Waals surface area contributed by atoms with Crippen LogP contribution in [0.5, 0.6) is 0 Å². The summed E-state index contributed by atoms with van der Waals surface area (Å²) >= 11 is 6.01. The Morgan fingerprint density at radius 2 is 1.84 bits per heavy atom. The standard InChI is InChI=1S/C20H20ClNO3/c1-24-18(25-2)12-22-17-6-4-3-5-15(17)20(19(22)23)11-16(20)13-7-9-14(21)10-8-13/h3-10,16,18H,11-12H2,1-2H3/t16-,20?/m1/s1. The molecule has 0 bridgehead atoms. The molecule has 0 radical (unpaired) electrons. The van der Waals surface area contributed by atoms with Crippen molar-refractivity contribution < 1.29 is 14.3 Å². The topological polar surface area (TPSA) is 38.8 Å². The van der Waals surface area contributed by atoms with Crippen molar-refractivity contribution in [1.29, 1.82) is 0 Å². The lowest BCUT2D eigenvalue weighted by molar-refractivity contribution is -0.124. The van der Waals surface area contributed by atoms with E-state index in [0.717, 1.165) is 23.2 Å². The Bertz CT molecular complexity index is 803. The second-order valence-corrected chi connectivity index (χ2v) is 7.05. The quantitative estimate of drug-likeness (QED) is 0.765. The number of benzene rings is 2. The first-order valence-electron chi connectivity index (χ1n) is 8.34. The van der Waals surface area contributed by atoms with Gasteiger partial charge in [-0.3, -0.25) is 4.79 Å². The van der Waals surface area contributed by atoms with E-state index >= 15 is 0 Å². The number of carbonyl (C=O) groups excluding carboxylic acids is 1. The molecule has 2 aliphatic rings. The van der Waals surface area contributed by atoms with E-state index in [2.05, 4.69) is 6.07 Å². The molecule has 2 aromatic carbocycles. The zero-order valence-corrected chi connectivity index (χ0v) is 15.0. The summed E-state index contributed by atoms with van der Waals surface area (Å²) in [5, 5.41) is 0.709. The number of carbonyl (C=O) groups is 1. The van der Waals surface area contributed by atoms with Crippen molar-refractivity contribution in [3.05, 3.63) is 64.7 Å². The van der Waals surface area contributed by atoms with Crippen molar-refractivity contribution in [3.63, 3.8) is 0 Å². The van der Waals surface area contributed by atoms with Crippen molar-refractivity contribution >= 4 is 23.2 Å². The van der Waals surface area contributed by atoms with E-state index in [1.165, 1.54) is 0 Å². The fourth-order valence-electron chi connectivity index (χ4n) is 4.02. The van der Waals surface area contributed by atoms with Crippen LogP contribution in [0.3, 0.4) is 0 Å². The van der Waals surface area contributed by atoms with Gasteiger partial charge in [-0.2, -0.15) is 0 Å². The Balaban J connectivity index is 1.71. The molecule has 4 rings (SSSR count). The lowest BCUT2D eigenvalue weighted by Crippen LogP contribution is -2.39. The molecule has 1 fully saturated rings. The number of rotatable bonds is 5. The van der Waals surface area contributed by atoms with Gasteiger partial charge < -0.3 is 14.4 Å². The molecule has 1 unspecified atom stereocenters. The highest BCUT2D eigenvalue weighted by atomic mass is 35.5. The lowest BCUT2D eigenvalue weighted by atomic mass is 9.92. The first kappa shape index (κ1) is 16.6. The Labute approximate surface area is 152 Å². The molecule has 1 aliphatic heterocycles. The molecule has 1 spiro atoms. The number of methoxy groups -OCH3 is 2. The minimum absolute atomic E-state index is 0.132. The average molecular weight is 358 g/mol. The number of nitrogens with zero attached hydrogens (tertiary/aromatic N) is 1. The lowest BCUT2D eigenvalue weighted by Gasteiger charge is -2.23. The molecule has 1 heterocycles. The fraction of sp³-hybridized carbons (Fsp3) is 0.350. The van der Waals surface area contributed by atoms with Gasteiger partial charge in [-0.15, -0.1) is 0 Å². The molecule has 2 atom stereocenters. The maximum absolute atomic E-state index is 13.4. The number of halogens is 1. The van der Waals surface area contributed by atoms with E-state index in [-0.39, 0.29) is 11.8 Å². The Morgan fingerprint density at radius 3 is 2.52 bits per heavy atom. The molecule has 5 heteroatoms. The third kappa shape index (κ3) is 2.48. The summed E-state index contributed by atoms with van der Waals surface area (Å²) in [5.41, 5.74) is 2.76. The van der Waals surface area contributed by atoms with Crippen LogP contribution in [0.25, 0.3) is 0 Å². The average Bonchev–Trinajstić information content (AvgIpc) is 3.35. The van der Waals surface area contributed by atoms with Crippen LogP contribution in [-0.4, -0.2) is 33.0 Å². The SMILES string of the molecule is COC(CN1C(=O)C2(C[C@@H]2c2ccc(Cl)cc2)c2ccccc21)OC. The monoisotopic (exact) mass is 357 g/mol. The second kappa shape index (κ2) is 6.13. The van der Waals surface area contributed by atoms with Crippen molar-refractivity contribution in [2.24, 2.45) is 0 Å². The van der Waals surface area contributed by atoms with E-state index in [9.17, 15) is 4.79 Å². The number of ether oxygens (including phenoxy) is 2. The van der Waals surface area contributed by atoms with Crippen molar-refractivity contribution in [2.45, 2.75) is 24.0 Å². The highest BCUT2D eigenvalue weighted by molar-refractivity contribution is 6.30. The largest absolute Gasteiger partial charge is 0.354 e. The van der Waals surface area contributed by atoms with Gasteiger partial charge in [0.15, 0.2) is 6.29 Å². The third-order valence-corrected chi connectivity index (χ3v) is 5.64. The number of fused-ring (bicyclic) bond motifs is 2. The first-order valence-corrected chi connectivity index (χ1v) is 8.72. The Morgan fingerprint density at radius 1 is 1.16 bits per heavy atom. The van der Waals surface area contributed by atoms with Crippen molar-refractivity contribution in [2.75, 3.05) is 25.7 Å². The summed E-state index contributed by atoms with van der Waals surface area (Å²) < 4.78 is 10.6. The molecule has 130 valence electrons. The number of anilines is 1. The van der Waals surface area contributed by atoms with Crippen LogP contribution in [0.2, 0.25) is 5.02 Å². The number of para-hydroxylation sites is 1. The molecule has 1 amide bonds. The van der Waals surface area contributed by atoms with Gasteiger partial charge in [0.25, 0.3) is 0 Å². The minimum atomic E-state index is -0.462. The van der Waals surface area contributed by atoms with E-state index < -0.39 is 11.7 Å². The highest BCUT2D eigenvalue weighted by Crippen LogP contribution is 2.66. The van der Waals surface area contributed by atoms with Gasteiger partial charge >= 0.3 is 0 Å². The van der Waals surface area contributed by atoms with Gasteiger partial charge in [-0.1, -0.05) is 41.9 Å². The van der Waals surface area contributed by atoms with Gasteiger partial charge in [0.05, 0.1) is 12.0 Å². The maximum atomic E-state index is 13.4. The van der Waals surface area contributed by atoms with Gasteiger partial charge in [0.1, 0.15) is 0 Å². The number of amides is 1. The molecule has 1 saturated carbocycles. The van der Waals surface area contributed by atoms with Crippen LogP contribution >= 0.6 is 11.6 Å². The van der Waals surface area contributed by atoms with Gasteiger partial charge in [-0.25, -0.2) is 0 Å². The fourth-order valence-corrected chi connectivity index (χ4v) is 4.15. The molecule has 2 aromatic rings. The maximum Gasteiger partial charge on any atom is 0.238 e. The summed E-state index contributed by atoms with van der Waals surface area (Å²) in [5.74, 6) is 0.319. The molecule has 0 saturated heterocycles. The summed E-state index contributed by atoms with van der Waals surface area (Å²) in [7, 11) is 3.17. The van der Waals surface area contributed by atoms with Crippen LogP contribution < -0.4 is 4.90 Å². The van der Waals surface area contributed by atoms with E-state index in [4.69, 9.17) is 21.1 Å². The van der Waals surface area contributed by atoms with Crippen LogP contribution in [-0.2, 0) is 19.7 Å². The molecule has 0 aromatic heterocycles. The summed E-state index contributed by atoms with van der Waals surface area (Å²) in [6, 6.07) is 15.8. The van der Waals surface area contributed by atoms with Crippen LogP contribution in [0, 0.1) is 0 Å². The number of hydrogen-bond acceptors (Lipinski definition) is 3. The summed E-state index contributed by atoms with van der Waals surface area (Å²) in [6.45, 7) is 0.387. The molecule has 0 N–H and O–H groups in total. The predicted octanol–water partition coefficient (Wildman–Crippen LogP) is 3.73. The zero-order valence-electron chi connectivity index (χ0n) is 14.2. The van der Waals surface area contributed by atoms with Crippen LogP contribution in [0.15, 0.2) is 48.5 Å². The molecule has 1 aliphatic carbocycles. The molecular formula is C20H20ClNO3.